The number of nitrogens with zero attached hydrogens (tertiary/aromatic N) is 5. The van der Waals surface area contributed by atoms with Gasteiger partial charge in [-0.1, -0.05) is 39.8 Å². The zero-order chi connectivity index (χ0) is 29.4. The average Bonchev–Trinajstić information content (AvgIpc) is 3.58. The van der Waals surface area contributed by atoms with Gasteiger partial charge in [0.2, 0.25) is 16.0 Å². The zero-order valence-electron chi connectivity index (χ0n) is 23.6. The van der Waals surface area contributed by atoms with Crippen LogP contribution in [0.4, 0.5) is 16.0 Å². The van der Waals surface area contributed by atoms with Crippen molar-refractivity contribution in [2.45, 2.75) is 63.7 Å². The Bertz CT molecular complexity index is 1640. The van der Waals surface area contributed by atoms with E-state index in [9.17, 15) is 8.42 Å². The number of anilines is 2. The number of sulfonamides is 1. The number of halogens is 1. The standard InChI is InChI=1S/C28H35FN8O2S2/c1-5-22(41(30,38)39)19-7-6-8-20(23(19)29)24-25(40-26(36-24)28(2,3)4)21-11-14-32-27(35-21)34-17-15-33-37(16-17)18-9-12-31-13-10-18/h6-8,11,14-16,18,22,31H,5,9-10,12-13H2,1-4H3,(H2,30,38,39)(H,32,34,35). The van der Waals surface area contributed by atoms with Crippen LogP contribution in [0.1, 0.15) is 68.8 Å². The van der Waals surface area contributed by atoms with E-state index in [1.54, 1.807) is 37.5 Å². The third kappa shape index (κ3) is 6.32. The second-order valence-corrected chi connectivity index (χ2v) is 14.0. The Kier molecular flexibility index (Phi) is 8.24. The van der Waals surface area contributed by atoms with Gasteiger partial charge in [0.1, 0.15) is 11.1 Å². The van der Waals surface area contributed by atoms with Crippen molar-refractivity contribution in [2.75, 3.05) is 18.4 Å². The van der Waals surface area contributed by atoms with Gasteiger partial charge in [-0.05, 0) is 44.5 Å². The number of thiazole rings is 1. The van der Waals surface area contributed by atoms with E-state index in [-0.39, 0.29) is 23.0 Å². The fourth-order valence-corrected chi connectivity index (χ4v) is 7.06. The lowest BCUT2D eigenvalue weighted by Gasteiger charge is -2.22. The van der Waals surface area contributed by atoms with Crippen molar-refractivity contribution in [1.82, 2.24) is 30.0 Å². The second kappa shape index (κ2) is 11.6. The fraction of sp³-hybridized carbons (Fsp3) is 0.429. The Morgan fingerprint density at radius 3 is 2.66 bits per heavy atom. The molecule has 1 aromatic carbocycles. The molecule has 41 heavy (non-hydrogen) atoms. The third-order valence-corrected chi connectivity index (χ3v) is 9.98. The Balaban J connectivity index is 1.53. The molecule has 1 aliphatic heterocycles. The molecule has 10 nitrogen and oxygen atoms in total. The first-order valence-corrected chi connectivity index (χ1v) is 16.0. The lowest BCUT2D eigenvalue weighted by atomic mass is 9.98. The van der Waals surface area contributed by atoms with E-state index in [0.29, 0.717) is 28.3 Å². The van der Waals surface area contributed by atoms with Gasteiger partial charge in [0.05, 0.1) is 39.2 Å². The van der Waals surface area contributed by atoms with E-state index in [4.69, 9.17) is 15.1 Å². The third-order valence-electron chi connectivity index (χ3n) is 7.10. The topological polar surface area (TPSA) is 141 Å². The lowest BCUT2D eigenvalue weighted by molar-refractivity contribution is 0.343. The Labute approximate surface area is 243 Å². The van der Waals surface area contributed by atoms with Crippen LogP contribution in [0.15, 0.2) is 42.9 Å². The van der Waals surface area contributed by atoms with Gasteiger partial charge >= 0.3 is 0 Å². The van der Waals surface area contributed by atoms with Gasteiger partial charge in [-0.25, -0.2) is 32.9 Å². The number of hydrogen-bond donors (Lipinski definition) is 3. The first-order valence-electron chi connectivity index (χ1n) is 13.6. The molecule has 1 fully saturated rings. The minimum Gasteiger partial charge on any atom is -0.321 e. The van der Waals surface area contributed by atoms with Crippen molar-refractivity contribution < 1.29 is 12.8 Å². The number of nitrogens with two attached hydrogens (primary N) is 1. The number of piperidine rings is 1. The normalized spacial score (nSPS) is 15.7. The maximum atomic E-state index is 16.0. The van der Waals surface area contributed by atoms with Crippen molar-refractivity contribution in [3.63, 3.8) is 0 Å². The number of aromatic nitrogens is 5. The van der Waals surface area contributed by atoms with Crippen molar-refractivity contribution >= 4 is 33.0 Å². The molecule has 1 unspecified atom stereocenters. The molecule has 0 radical (unpaired) electrons. The van der Waals surface area contributed by atoms with E-state index in [1.807, 2.05) is 31.6 Å². The lowest BCUT2D eigenvalue weighted by Crippen LogP contribution is -2.29. The smallest absolute Gasteiger partial charge is 0.227 e. The quantitative estimate of drug-likeness (QED) is 0.248. The summed E-state index contributed by atoms with van der Waals surface area (Å²) in [6.45, 7) is 9.71. The first kappa shape index (κ1) is 29.2. The average molecular weight is 599 g/mol. The van der Waals surface area contributed by atoms with Crippen LogP contribution in [-0.4, -0.2) is 46.2 Å². The summed E-state index contributed by atoms with van der Waals surface area (Å²) < 4.78 is 42.5. The van der Waals surface area contributed by atoms with Crippen LogP contribution in [0.25, 0.3) is 21.8 Å². The van der Waals surface area contributed by atoms with Gasteiger partial charge in [0, 0.05) is 28.9 Å². The van der Waals surface area contributed by atoms with E-state index in [1.165, 1.54) is 17.4 Å². The molecule has 4 N–H and O–H groups in total. The van der Waals surface area contributed by atoms with Gasteiger partial charge in [-0.15, -0.1) is 11.3 Å². The summed E-state index contributed by atoms with van der Waals surface area (Å²) in [7, 11) is -4.01. The molecule has 4 heterocycles. The van der Waals surface area contributed by atoms with Gasteiger partial charge < -0.3 is 10.6 Å². The highest BCUT2D eigenvalue weighted by Crippen LogP contribution is 2.42. The van der Waals surface area contributed by atoms with Crippen LogP contribution < -0.4 is 15.8 Å². The van der Waals surface area contributed by atoms with Crippen molar-refractivity contribution in [3.05, 3.63) is 59.2 Å². The van der Waals surface area contributed by atoms with E-state index < -0.39 is 21.1 Å². The molecule has 1 aliphatic rings. The van der Waals surface area contributed by atoms with Crippen LogP contribution in [0, 0.1) is 5.82 Å². The monoisotopic (exact) mass is 598 g/mol. The Hall–Kier alpha value is -3.26. The fourth-order valence-electron chi connectivity index (χ4n) is 4.96. The van der Waals surface area contributed by atoms with Crippen LogP contribution in [-0.2, 0) is 15.4 Å². The second-order valence-electron chi connectivity index (χ2n) is 11.2. The summed E-state index contributed by atoms with van der Waals surface area (Å²) in [5, 5.41) is 16.2. The molecule has 4 aromatic rings. The number of nitrogens with one attached hydrogen (secondary N) is 2. The predicted octanol–water partition coefficient (Wildman–Crippen LogP) is 5.31. The molecule has 13 heteroatoms. The maximum Gasteiger partial charge on any atom is 0.227 e. The SMILES string of the molecule is CCC(c1cccc(-c2nc(C(C)(C)C)sc2-c2ccnc(Nc3cnn(C4CCNCC4)c3)n2)c1F)S(N)(=O)=O. The van der Waals surface area contributed by atoms with Crippen LogP contribution in [0.2, 0.25) is 0 Å². The molecular weight excluding hydrogens is 563 g/mol. The highest BCUT2D eigenvalue weighted by Gasteiger charge is 2.29. The summed E-state index contributed by atoms with van der Waals surface area (Å²) in [4.78, 5) is 14.6. The molecule has 0 amide bonds. The minimum absolute atomic E-state index is 0.0274. The molecule has 1 saturated heterocycles. The highest BCUT2D eigenvalue weighted by molar-refractivity contribution is 7.89. The molecule has 218 valence electrons. The van der Waals surface area contributed by atoms with Crippen LogP contribution >= 0.6 is 11.3 Å². The minimum atomic E-state index is -4.01. The van der Waals surface area contributed by atoms with E-state index >= 15 is 4.39 Å². The molecular formula is C28H35FN8O2S2. The van der Waals surface area contributed by atoms with E-state index in [2.05, 4.69) is 20.7 Å². The summed E-state index contributed by atoms with van der Waals surface area (Å²) in [5.41, 5.74) is 1.65. The Morgan fingerprint density at radius 1 is 1.22 bits per heavy atom. The molecule has 1 atom stereocenters. The van der Waals surface area contributed by atoms with Crippen molar-refractivity contribution in [1.29, 1.82) is 0 Å². The van der Waals surface area contributed by atoms with Gasteiger partial charge in [-0.2, -0.15) is 5.10 Å². The number of benzene rings is 1. The maximum absolute atomic E-state index is 16.0. The highest BCUT2D eigenvalue weighted by atomic mass is 32.2. The van der Waals surface area contributed by atoms with Crippen LogP contribution in [0.3, 0.4) is 0 Å². The molecule has 0 saturated carbocycles. The number of primary sulfonamides is 1. The van der Waals surface area contributed by atoms with Crippen molar-refractivity contribution in [2.24, 2.45) is 5.14 Å². The molecule has 5 rings (SSSR count). The number of rotatable bonds is 8. The molecule has 0 bridgehead atoms. The summed E-state index contributed by atoms with van der Waals surface area (Å²) in [6.07, 6.45) is 7.54. The van der Waals surface area contributed by atoms with Gasteiger partial charge in [0.25, 0.3) is 0 Å². The molecule has 0 aliphatic carbocycles. The Morgan fingerprint density at radius 2 is 1.98 bits per heavy atom. The van der Waals surface area contributed by atoms with Crippen LogP contribution in [0.5, 0.6) is 0 Å². The molecule has 3 aromatic heterocycles. The van der Waals surface area contributed by atoms with E-state index in [0.717, 1.165) is 36.6 Å². The van der Waals surface area contributed by atoms with Gasteiger partial charge in [0.15, 0.2) is 0 Å². The van der Waals surface area contributed by atoms with Gasteiger partial charge in [-0.3, -0.25) is 4.68 Å². The first-order chi connectivity index (χ1) is 19.5. The number of hydrogen-bond acceptors (Lipinski definition) is 9. The summed E-state index contributed by atoms with van der Waals surface area (Å²) in [5.74, 6) is -0.281. The summed E-state index contributed by atoms with van der Waals surface area (Å²) in [6, 6.07) is 6.81. The molecule has 0 spiro atoms. The summed E-state index contributed by atoms with van der Waals surface area (Å²) >= 11 is 1.43. The predicted molar refractivity (Wildman–Crippen MR) is 160 cm³/mol. The largest absolute Gasteiger partial charge is 0.321 e. The zero-order valence-corrected chi connectivity index (χ0v) is 25.2. The van der Waals surface area contributed by atoms with Crippen molar-refractivity contribution in [3.8, 4) is 21.8 Å².